The van der Waals surface area contributed by atoms with Gasteiger partial charge in [-0.05, 0) is 13.8 Å². The zero-order valence-corrected chi connectivity index (χ0v) is 11.6. The minimum atomic E-state index is -0.0833. The number of anilines is 2. The van der Waals surface area contributed by atoms with Gasteiger partial charge < -0.3 is 10.2 Å². The second-order valence-electron chi connectivity index (χ2n) is 4.73. The summed E-state index contributed by atoms with van der Waals surface area (Å²) in [5.41, 5.74) is 2.95. The highest BCUT2D eigenvalue weighted by Gasteiger charge is 2.15. The average molecular weight is 278 g/mol. The van der Waals surface area contributed by atoms with Crippen molar-refractivity contribution in [2.75, 3.05) is 23.9 Å². The summed E-state index contributed by atoms with van der Waals surface area (Å²) >= 11 is 0. The van der Waals surface area contributed by atoms with Gasteiger partial charge in [0.2, 0.25) is 11.9 Å². The Hall–Kier alpha value is -2.42. The minimum absolute atomic E-state index is 0.0833. The maximum atomic E-state index is 11.8. The third-order valence-electron chi connectivity index (χ3n) is 2.61. The zero-order valence-electron chi connectivity index (χ0n) is 11.6. The van der Waals surface area contributed by atoms with Gasteiger partial charge in [0.25, 0.3) is 0 Å². The van der Waals surface area contributed by atoms with Crippen LogP contribution < -0.4 is 21.5 Å². The fraction of sp³-hybridized carbons (Fsp3) is 0.455. The van der Waals surface area contributed by atoms with Gasteiger partial charge in [-0.25, -0.2) is 5.84 Å². The largest absolute Gasteiger partial charge is 0.352 e. The van der Waals surface area contributed by atoms with Crippen molar-refractivity contribution in [1.29, 1.82) is 0 Å². The fourth-order valence-electron chi connectivity index (χ4n) is 1.83. The second kappa shape index (κ2) is 5.70. The van der Waals surface area contributed by atoms with Crippen LogP contribution in [0.1, 0.15) is 13.8 Å². The highest BCUT2D eigenvalue weighted by Crippen LogP contribution is 2.22. The van der Waals surface area contributed by atoms with Gasteiger partial charge in [-0.3, -0.25) is 15.3 Å². The summed E-state index contributed by atoms with van der Waals surface area (Å²) in [6.07, 6.45) is 1.61. The lowest BCUT2D eigenvalue weighted by atomic mass is 10.3. The predicted octanol–water partition coefficient (Wildman–Crippen LogP) is -0.401. The normalized spacial score (nSPS) is 10.8. The lowest BCUT2D eigenvalue weighted by molar-refractivity contribution is -0.120. The monoisotopic (exact) mass is 278 g/mol. The number of nitrogen functional groups attached to an aromatic ring is 1. The summed E-state index contributed by atoms with van der Waals surface area (Å²) in [6.45, 7) is 4.00. The molecule has 0 spiro atoms. The Morgan fingerprint density at radius 1 is 1.50 bits per heavy atom. The number of carbonyl (C=O) groups is 1. The van der Waals surface area contributed by atoms with Gasteiger partial charge in [-0.15, -0.1) is 0 Å². The molecule has 2 heterocycles. The standard InChI is InChI=1S/C11H18N8O/c1-6(2)14-8(20)5-19(3)10-7-4-13-18-9(7)15-11(16-10)17-12/h4,6H,5,12H2,1-3H3,(H,14,20)(H2,13,15,16,17,18). The molecule has 9 nitrogen and oxygen atoms in total. The smallest absolute Gasteiger partial charge is 0.241 e. The first kappa shape index (κ1) is 14.0. The number of H-pyrrole nitrogens is 1. The topological polar surface area (TPSA) is 125 Å². The number of nitrogens with zero attached hydrogens (tertiary/aromatic N) is 4. The molecule has 2 aromatic rings. The van der Waals surface area contributed by atoms with Crippen molar-refractivity contribution in [3.8, 4) is 0 Å². The van der Waals surface area contributed by atoms with Crippen LogP contribution in [-0.2, 0) is 4.79 Å². The van der Waals surface area contributed by atoms with Crippen molar-refractivity contribution in [2.24, 2.45) is 5.84 Å². The number of fused-ring (bicyclic) bond motifs is 1. The van der Waals surface area contributed by atoms with Gasteiger partial charge >= 0.3 is 0 Å². The maximum Gasteiger partial charge on any atom is 0.241 e. The molecular weight excluding hydrogens is 260 g/mol. The Morgan fingerprint density at radius 2 is 2.25 bits per heavy atom. The van der Waals surface area contributed by atoms with Crippen LogP contribution in [0.5, 0.6) is 0 Å². The number of hydrogen-bond acceptors (Lipinski definition) is 7. The van der Waals surface area contributed by atoms with E-state index < -0.39 is 0 Å². The Bertz CT molecular complexity index is 607. The van der Waals surface area contributed by atoms with Crippen LogP contribution in [0.15, 0.2) is 6.20 Å². The van der Waals surface area contributed by atoms with E-state index >= 15 is 0 Å². The molecule has 0 atom stereocenters. The maximum absolute atomic E-state index is 11.8. The predicted molar refractivity (Wildman–Crippen MR) is 76.0 cm³/mol. The number of hydrogen-bond donors (Lipinski definition) is 4. The zero-order chi connectivity index (χ0) is 14.7. The number of nitrogens with one attached hydrogen (secondary N) is 3. The molecule has 0 radical (unpaired) electrons. The van der Waals surface area contributed by atoms with Crippen molar-refractivity contribution in [1.82, 2.24) is 25.5 Å². The molecule has 0 bridgehead atoms. The van der Waals surface area contributed by atoms with Crippen LogP contribution >= 0.6 is 0 Å². The molecule has 2 rings (SSSR count). The molecule has 1 amide bonds. The number of nitrogens with two attached hydrogens (primary N) is 1. The number of hydrazine groups is 1. The van der Waals surface area contributed by atoms with E-state index in [4.69, 9.17) is 5.84 Å². The lowest BCUT2D eigenvalue weighted by Gasteiger charge is -2.19. The molecule has 108 valence electrons. The molecule has 5 N–H and O–H groups in total. The molecule has 0 saturated carbocycles. The van der Waals surface area contributed by atoms with E-state index in [0.29, 0.717) is 11.5 Å². The Morgan fingerprint density at radius 3 is 2.90 bits per heavy atom. The van der Waals surface area contributed by atoms with Crippen molar-refractivity contribution in [2.45, 2.75) is 19.9 Å². The number of aromatic nitrogens is 4. The molecule has 0 fully saturated rings. The van der Waals surface area contributed by atoms with E-state index in [9.17, 15) is 4.79 Å². The number of carbonyl (C=O) groups excluding carboxylic acids is 1. The first-order valence-corrected chi connectivity index (χ1v) is 6.19. The van der Waals surface area contributed by atoms with Crippen molar-refractivity contribution in [3.05, 3.63) is 6.20 Å². The van der Waals surface area contributed by atoms with Crippen molar-refractivity contribution >= 4 is 28.7 Å². The SMILES string of the molecule is CC(C)NC(=O)CN(C)c1nc(NN)nc2[nH]ncc12. The van der Waals surface area contributed by atoms with Gasteiger partial charge in [0.1, 0.15) is 5.82 Å². The Kier molecular flexibility index (Phi) is 3.99. The van der Waals surface area contributed by atoms with Crippen molar-refractivity contribution in [3.63, 3.8) is 0 Å². The third kappa shape index (κ3) is 2.94. The molecule has 9 heteroatoms. The fourth-order valence-corrected chi connectivity index (χ4v) is 1.83. The van der Waals surface area contributed by atoms with Crippen LogP contribution in [0.25, 0.3) is 11.0 Å². The van der Waals surface area contributed by atoms with Crippen LogP contribution in [0.3, 0.4) is 0 Å². The third-order valence-corrected chi connectivity index (χ3v) is 2.61. The molecule has 2 aromatic heterocycles. The molecule has 20 heavy (non-hydrogen) atoms. The summed E-state index contributed by atoms with van der Waals surface area (Å²) in [7, 11) is 1.77. The number of likely N-dealkylation sites (N-methyl/N-ethyl adjacent to an activating group) is 1. The Labute approximate surface area is 115 Å². The summed E-state index contributed by atoms with van der Waals surface area (Å²) in [4.78, 5) is 21.9. The highest BCUT2D eigenvalue weighted by atomic mass is 16.2. The van der Waals surface area contributed by atoms with E-state index in [0.717, 1.165) is 5.39 Å². The number of amides is 1. The van der Waals surface area contributed by atoms with E-state index in [1.54, 1.807) is 18.1 Å². The molecule has 0 aromatic carbocycles. The van der Waals surface area contributed by atoms with Gasteiger partial charge in [-0.1, -0.05) is 0 Å². The minimum Gasteiger partial charge on any atom is -0.352 e. The van der Waals surface area contributed by atoms with Gasteiger partial charge in [0.15, 0.2) is 5.65 Å². The van der Waals surface area contributed by atoms with Crippen LogP contribution in [0.2, 0.25) is 0 Å². The molecular formula is C11H18N8O. The molecule has 0 unspecified atom stereocenters. The Balaban J connectivity index is 2.26. The first-order valence-electron chi connectivity index (χ1n) is 6.19. The molecule has 0 saturated heterocycles. The number of aromatic amines is 1. The molecule has 0 aliphatic carbocycles. The summed E-state index contributed by atoms with van der Waals surface area (Å²) in [5, 5.41) is 10.2. The van der Waals surface area contributed by atoms with Crippen LogP contribution in [-0.4, -0.2) is 45.7 Å². The average Bonchev–Trinajstić information content (AvgIpc) is 2.84. The van der Waals surface area contributed by atoms with Crippen LogP contribution in [0.4, 0.5) is 11.8 Å². The van der Waals surface area contributed by atoms with Crippen LogP contribution in [0, 0.1) is 0 Å². The summed E-state index contributed by atoms with van der Waals surface area (Å²) in [6, 6.07) is 0.0940. The number of rotatable bonds is 5. The quantitative estimate of drug-likeness (QED) is 0.433. The van der Waals surface area contributed by atoms with Crippen molar-refractivity contribution < 1.29 is 4.79 Å². The molecule has 0 aliphatic rings. The van der Waals surface area contributed by atoms with Gasteiger partial charge in [-0.2, -0.15) is 15.1 Å². The summed E-state index contributed by atoms with van der Waals surface area (Å²) < 4.78 is 0. The first-order chi connectivity index (χ1) is 9.51. The van der Waals surface area contributed by atoms with Gasteiger partial charge in [0.05, 0.1) is 18.1 Å². The second-order valence-corrected chi connectivity index (χ2v) is 4.73. The van der Waals surface area contributed by atoms with Gasteiger partial charge in [0, 0.05) is 13.1 Å². The van der Waals surface area contributed by atoms with E-state index in [1.807, 2.05) is 13.8 Å². The lowest BCUT2D eigenvalue weighted by Crippen LogP contribution is -2.39. The summed E-state index contributed by atoms with van der Waals surface area (Å²) in [5.74, 6) is 6.09. The highest BCUT2D eigenvalue weighted by molar-refractivity contribution is 5.90. The van der Waals surface area contributed by atoms with E-state index in [2.05, 4.69) is 30.9 Å². The van der Waals surface area contributed by atoms with E-state index in [1.165, 1.54) is 0 Å². The van der Waals surface area contributed by atoms with E-state index in [-0.39, 0.29) is 24.4 Å². The molecule has 0 aliphatic heterocycles.